The SMILES string of the molecule is CC1(C)C[C@]2(C)[C@@H](c3ccc4ccccc4c3)O[C@]2(O[Si](C)(C)C(C)(C)C)O1. The number of ether oxygens (including phenoxy) is 2. The average Bonchev–Trinajstić information content (AvgIpc) is 2.71. The Morgan fingerprint density at radius 2 is 1.64 bits per heavy atom. The summed E-state index contributed by atoms with van der Waals surface area (Å²) in [6.07, 6.45) is 0.884. The summed E-state index contributed by atoms with van der Waals surface area (Å²) in [4.78, 5) is 0. The van der Waals surface area contributed by atoms with Crippen LogP contribution in [0.25, 0.3) is 10.8 Å². The summed E-state index contributed by atoms with van der Waals surface area (Å²) in [7, 11) is -2.07. The molecule has 0 unspecified atom stereocenters. The zero-order chi connectivity index (χ0) is 20.6. The molecule has 0 bridgehead atoms. The summed E-state index contributed by atoms with van der Waals surface area (Å²) >= 11 is 0. The smallest absolute Gasteiger partial charge is 0.283 e. The summed E-state index contributed by atoms with van der Waals surface area (Å²) in [6.45, 7) is 17.9. The van der Waals surface area contributed by atoms with E-state index in [0.717, 1.165) is 6.42 Å². The number of benzene rings is 2. The van der Waals surface area contributed by atoms with Crippen LogP contribution in [0.1, 0.15) is 59.6 Å². The Morgan fingerprint density at radius 3 is 2.29 bits per heavy atom. The summed E-state index contributed by atoms with van der Waals surface area (Å²) in [5.74, 6) is -0.949. The van der Waals surface area contributed by atoms with Crippen LogP contribution in [-0.2, 0) is 13.9 Å². The molecule has 2 aliphatic rings. The first kappa shape index (κ1) is 20.1. The first-order valence-corrected chi connectivity index (χ1v) is 13.3. The largest absolute Gasteiger partial charge is 0.368 e. The molecule has 2 saturated heterocycles. The van der Waals surface area contributed by atoms with Gasteiger partial charge in [0.25, 0.3) is 5.97 Å². The Bertz CT molecular complexity index is 913. The minimum atomic E-state index is -2.07. The van der Waals surface area contributed by atoms with Gasteiger partial charge in [-0.2, -0.15) is 0 Å². The number of hydrogen-bond acceptors (Lipinski definition) is 3. The minimum absolute atomic E-state index is 0.0244. The lowest BCUT2D eigenvalue weighted by atomic mass is 9.70. The van der Waals surface area contributed by atoms with Crippen molar-refractivity contribution in [2.75, 3.05) is 0 Å². The second-order valence-corrected chi connectivity index (χ2v) is 15.7. The van der Waals surface area contributed by atoms with E-state index in [1.165, 1.54) is 16.3 Å². The molecule has 2 heterocycles. The van der Waals surface area contributed by atoms with E-state index in [4.69, 9.17) is 13.9 Å². The molecule has 0 amide bonds. The van der Waals surface area contributed by atoms with Gasteiger partial charge in [0, 0.05) is 0 Å². The summed E-state index contributed by atoms with van der Waals surface area (Å²) in [6, 6.07) is 15.1. The highest BCUT2D eigenvalue weighted by atomic mass is 28.4. The predicted molar refractivity (Wildman–Crippen MR) is 117 cm³/mol. The molecule has 0 saturated carbocycles. The van der Waals surface area contributed by atoms with Gasteiger partial charge in [-0.3, -0.25) is 0 Å². The van der Waals surface area contributed by atoms with Gasteiger partial charge < -0.3 is 13.9 Å². The van der Waals surface area contributed by atoms with Crippen molar-refractivity contribution in [3.63, 3.8) is 0 Å². The van der Waals surface area contributed by atoms with Crippen LogP contribution in [0.4, 0.5) is 0 Å². The fourth-order valence-corrected chi connectivity index (χ4v) is 5.91. The van der Waals surface area contributed by atoms with E-state index < -0.39 is 14.3 Å². The van der Waals surface area contributed by atoms with Crippen molar-refractivity contribution >= 4 is 19.1 Å². The number of rotatable bonds is 3. The Balaban J connectivity index is 1.71. The van der Waals surface area contributed by atoms with E-state index >= 15 is 0 Å². The second kappa shape index (κ2) is 5.91. The molecular weight excluding hydrogens is 364 g/mol. The maximum Gasteiger partial charge on any atom is 0.283 e. The lowest BCUT2D eigenvalue weighted by molar-refractivity contribution is -0.487. The molecule has 2 aliphatic heterocycles. The van der Waals surface area contributed by atoms with Crippen molar-refractivity contribution in [2.24, 2.45) is 5.41 Å². The lowest BCUT2D eigenvalue weighted by Crippen LogP contribution is -2.66. The highest BCUT2D eigenvalue weighted by Gasteiger charge is 2.76. The van der Waals surface area contributed by atoms with Crippen molar-refractivity contribution in [1.82, 2.24) is 0 Å². The summed E-state index contributed by atoms with van der Waals surface area (Å²) < 4.78 is 19.9. The van der Waals surface area contributed by atoms with Crippen LogP contribution in [0, 0.1) is 5.41 Å². The zero-order valence-corrected chi connectivity index (χ0v) is 19.6. The Hall–Kier alpha value is -1.20. The highest BCUT2D eigenvalue weighted by molar-refractivity contribution is 6.74. The van der Waals surface area contributed by atoms with E-state index in [1.807, 2.05) is 0 Å². The van der Waals surface area contributed by atoms with Gasteiger partial charge in [-0.1, -0.05) is 57.2 Å². The molecule has 3 atom stereocenters. The first-order chi connectivity index (χ1) is 12.8. The Labute approximate surface area is 170 Å². The molecule has 0 aromatic heterocycles. The van der Waals surface area contributed by atoms with Gasteiger partial charge in [0.15, 0.2) is 8.32 Å². The molecule has 0 spiro atoms. The topological polar surface area (TPSA) is 27.7 Å². The van der Waals surface area contributed by atoms with Crippen LogP contribution in [0.5, 0.6) is 0 Å². The summed E-state index contributed by atoms with van der Waals surface area (Å²) in [5.41, 5.74) is 0.717. The average molecular weight is 399 g/mol. The second-order valence-electron chi connectivity index (χ2n) is 11.0. The van der Waals surface area contributed by atoms with Crippen LogP contribution < -0.4 is 0 Å². The standard InChI is InChI=1S/C24H34O3Si/c1-21(2,3)28(7,8)27-24-23(6,16-22(4,5)26-24)20(25-24)19-14-13-17-11-9-10-12-18(17)15-19/h9-15,20H,16H2,1-8H3/t20-,23-,24+/m1/s1. The third kappa shape index (κ3) is 2.88. The van der Waals surface area contributed by atoms with E-state index in [1.54, 1.807) is 0 Å². The van der Waals surface area contributed by atoms with Crippen LogP contribution in [0.15, 0.2) is 42.5 Å². The van der Waals surface area contributed by atoms with Gasteiger partial charge >= 0.3 is 0 Å². The van der Waals surface area contributed by atoms with E-state index in [0.29, 0.717) is 0 Å². The summed E-state index contributed by atoms with van der Waals surface area (Å²) in [5, 5.41) is 2.59. The molecule has 2 fully saturated rings. The molecule has 0 N–H and O–H groups in total. The van der Waals surface area contributed by atoms with Crippen molar-refractivity contribution in [2.45, 2.75) is 83.8 Å². The maximum absolute atomic E-state index is 6.82. The fourth-order valence-electron chi connectivity index (χ4n) is 4.61. The molecule has 0 radical (unpaired) electrons. The van der Waals surface area contributed by atoms with Crippen LogP contribution in [-0.4, -0.2) is 19.9 Å². The fraction of sp³-hybridized carbons (Fsp3) is 0.583. The lowest BCUT2D eigenvalue weighted by Gasteiger charge is -2.59. The monoisotopic (exact) mass is 398 g/mol. The van der Waals surface area contributed by atoms with Crippen molar-refractivity contribution < 1.29 is 13.9 Å². The molecule has 2 aromatic carbocycles. The third-order valence-electron chi connectivity index (χ3n) is 7.03. The third-order valence-corrected chi connectivity index (χ3v) is 11.4. The molecule has 2 aromatic rings. The van der Waals surface area contributed by atoms with E-state index in [2.05, 4.69) is 97.1 Å². The molecular formula is C24H34O3Si. The van der Waals surface area contributed by atoms with E-state index in [-0.39, 0.29) is 22.2 Å². The molecule has 3 nitrogen and oxygen atoms in total. The molecule has 152 valence electrons. The van der Waals surface area contributed by atoms with Gasteiger partial charge in [0.05, 0.1) is 11.0 Å². The quantitative estimate of drug-likeness (QED) is 0.533. The van der Waals surface area contributed by atoms with Crippen LogP contribution in [0.3, 0.4) is 0 Å². The van der Waals surface area contributed by atoms with Gasteiger partial charge in [0.2, 0.25) is 0 Å². The zero-order valence-electron chi connectivity index (χ0n) is 18.6. The van der Waals surface area contributed by atoms with Gasteiger partial charge in [-0.05, 0) is 67.7 Å². The molecule has 28 heavy (non-hydrogen) atoms. The molecule has 4 rings (SSSR count). The van der Waals surface area contributed by atoms with Crippen molar-refractivity contribution in [3.8, 4) is 0 Å². The Morgan fingerprint density at radius 1 is 1.00 bits per heavy atom. The predicted octanol–water partition coefficient (Wildman–Crippen LogP) is 6.79. The normalized spacial score (nSPS) is 32.2. The van der Waals surface area contributed by atoms with Crippen LogP contribution >= 0.6 is 0 Å². The maximum atomic E-state index is 6.82. The number of hydrogen-bond donors (Lipinski definition) is 0. The van der Waals surface area contributed by atoms with Gasteiger partial charge in [0.1, 0.15) is 6.10 Å². The van der Waals surface area contributed by atoms with Gasteiger partial charge in [-0.15, -0.1) is 0 Å². The minimum Gasteiger partial charge on any atom is -0.368 e. The first-order valence-electron chi connectivity index (χ1n) is 10.4. The highest BCUT2D eigenvalue weighted by Crippen LogP contribution is 2.69. The van der Waals surface area contributed by atoms with Crippen molar-refractivity contribution in [1.29, 1.82) is 0 Å². The van der Waals surface area contributed by atoms with Gasteiger partial charge in [-0.25, -0.2) is 0 Å². The van der Waals surface area contributed by atoms with E-state index in [9.17, 15) is 0 Å². The Kier molecular flexibility index (Phi) is 4.24. The number of fused-ring (bicyclic) bond motifs is 2. The van der Waals surface area contributed by atoms with Crippen LogP contribution in [0.2, 0.25) is 18.1 Å². The molecule has 4 heteroatoms. The molecule has 0 aliphatic carbocycles. The van der Waals surface area contributed by atoms with Crippen molar-refractivity contribution in [3.05, 3.63) is 48.0 Å².